The Morgan fingerprint density at radius 2 is 2.00 bits per heavy atom. The van der Waals surface area contributed by atoms with Crippen LogP contribution in [-0.2, 0) is 19.1 Å². The number of nitrogens with one attached hydrogen (secondary N) is 1. The number of likely N-dealkylation sites (tertiary alicyclic amines) is 1. The largest absolute Gasteiger partial charge is 0.467 e. The van der Waals surface area contributed by atoms with Gasteiger partial charge in [0.1, 0.15) is 6.04 Å². The smallest absolute Gasteiger partial charge is 0.333 e. The van der Waals surface area contributed by atoms with Crippen molar-refractivity contribution in [2.24, 2.45) is 0 Å². The molecule has 1 fully saturated rings. The fourth-order valence-corrected chi connectivity index (χ4v) is 2.79. The molecule has 7 heteroatoms. The van der Waals surface area contributed by atoms with Crippen molar-refractivity contribution in [3.63, 3.8) is 0 Å². The van der Waals surface area contributed by atoms with E-state index < -0.39 is 18.1 Å². The highest BCUT2D eigenvalue weighted by molar-refractivity contribution is 7.98. The molecule has 2 rings (SSSR count). The molecule has 0 bridgehead atoms. The second kappa shape index (κ2) is 6.83. The van der Waals surface area contributed by atoms with Crippen molar-refractivity contribution in [3.8, 4) is 0 Å². The molecule has 0 spiro atoms. The number of amides is 2. The minimum absolute atomic E-state index is 0.267. The molecule has 1 saturated heterocycles. The van der Waals surface area contributed by atoms with Crippen LogP contribution in [0.25, 0.3) is 0 Å². The van der Waals surface area contributed by atoms with Gasteiger partial charge in [0, 0.05) is 11.8 Å². The second-order valence-corrected chi connectivity index (χ2v) is 5.82. The van der Waals surface area contributed by atoms with Crippen molar-refractivity contribution in [2.75, 3.05) is 19.9 Å². The van der Waals surface area contributed by atoms with Gasteiger partial charge in [-0.15, -0.1) is 11.8 Å². The van der Waals surface area contributed by atoms with Gasteiger partial charge in [-0.25, -0.2) is 4.79 Å². The Morgan fingerprint density at radius 3 is 2.45 bits per heavy atom. The molecule has 2 amide bonds. The van der Waals surface area contributed by atoms with Crippen LogP contribution in [0.1, 0.15) is 18.5 Å². The molecule has 2 atom stereocenters. The summed E-state index contributed by atoms with van der Waals surface area (Å²) < 4.78 is 4.82. The van der Waals surface area contributed by atoms with Gasteiger partial charge >= 0.3 is 5.97 Å². The molecule has 1 heterocycles. The first-order valence-corrected chi connectivity index (χ1v) is 7.99. The van der Waals surface area contributed by atoms with E-state index in [4.69, 9.17) is 4.74 Å². The minimum atomic E-state index is -0.779. The van der Waals surface area contributed by atoms with Crippen LogP contribution in [0.4, 0.5) is 0 Å². The Balaban J connectivity index is 2.19. The number of hydrogen-bond donors (Lipinski definition) is 1. The topological polar surface area (TPSA) is 75.7 Å². The van der Waals surface area contributed by atoms with Crippen LogP contribution in [0, 0.1) is 0 Å². The zero-order valence-corrected chi connectivity index (χ0v) is 13.5. The van der Waals surface area contributed by atoms with Gasteiger partial charge in [0.05, 0.1) is 13.7 Å². The van der Waals surface area contributed by atoms with Crippen LogP contribution in [-0.4, -0.2) is 48.6 Å². The molecule has 22 heavy (non-hydrogen) atoms. The summed E-state index contributed by atoms with van der Waals surface area (Å²) in [6, 6.07) is 6.07. The first kappa shape index (κ1) is 16.4. The van der Waals surface area contributed by atoms with Crippen LogP contribution in [0.5, 0.6) is 0 Å². The molecule has 1 N–H and O–H groups in total. The molecule has 118 valence electrons. The first-order chi connectivity index (χ1) is 10.5. The molecule has 1 aromatic rings. The highest BCUT2D eigenvalue weighted by Gasteiger charge is 2.45. The summed E-state index contributed by atoms with van der Waals surface area (Å²) in [5.74, 6) is -1.04. The van der Waals surface area contributed by atoms with E-state index >= 15 is 0 Å². The summed E-state index contributed by atoms with van der Waals surface area (Å²) in [6.07, 6.45) is 1.96. The summed E-state index contributed by atoms with van der Waals surface area (Å²) in [4.78, 5) is 37.7. The summed E-state index contributed by atoms with van der Waals surface area (Å²) in [6.45, 7) is 1.65. The molecule has 0 aromatic heterocycles. The number of rotatable bonds is 5. The van der Waals surface area contributed by atoms with Crippen LogP contribution in [0.15, 0.2) is 29.2 Å². The van der Waals surface area contributed by atoms with E-state index in [0.29, 0.717) is 12.1 Å². The van der Waals surface area contributed by atoms with Crippen molar-refractivity contribution >= 4 is 29.5 Å². The van der Waals surface area contributed by atoms with Gasteiger partial charge in [0.25, 0.3) is 0 Å². The number of hydrogen-bond acceptors (Lipinski definition) is 5. The standard InChI is InChI=1S/C15H18N2O4S/c1-9(18)16-12-8-17(14(12)19)13(15(20)21-2)10-4-6-11(22-3)7-5-10/h4-7,12-13H,8H2,1-3H3,(H,16,18). The van der Waals surface area contributed by atoms with Gasteiger partial charge in [0.15, 0.2) is 6.04 Å². The van der Waals surface area contributed by atoms with Gasteiger partial charge in [0.2, 0.25) is 11.8 Å². The van der Waals surface area contributed by atoms with E-state index in [1.807, 2.05) is 30.5 Å². The quantitative estimate of drug-likeness (QED) is 0.497. The molecular weight excluding hydrogens is 304 g/mol. The van der Waals surface area contributed by atoms with E-state index in [1.165, 1.54) is 18.9 Å². The number of esters is 1. The maximum Gasteiger partial charge on any atom is 0.333 e. The number of ether oxygens (including phenoxy) is 1. The maximum absolute atomic E-state index is 12.2. The maximum atomic E-state index is 12.2. The number of carbonyl (C=O) groups excluding carboxylic acids is 3. The Bertz CT molecular complexity index is 588. The number of benzene rings is 1. The Kier molecular flexibility index (Phi) is 5.07. The predicted octanol–water partition coefficient (Wildman–Crippen LogP) is 0.969. The molecule has 0 aliphatic carbocycles. The average molecular weight is 322 g/mol. The van der Waals surface area contributed by atoms with Crippen molar-refractivity contribution in [3.05, 3.63) is 29.8 Å². The van der Waals surface area contributed by atoms with E-state index in [2.05, 4.69) is 5.32 Å². The molecule has 0 radical (unpaired) electrons. The Hall–Kier alpha value is -2.02. The van der Waals surface area contributed by atoms with Crippen LogP contribution in [0.2, 0.25) is 0 Å². The minimum Gasteiger partial charge on any atom is -0.467 e. The van der Waals surface area contributed by atoms with Gasteiger partial charge in [-0.2, -0.15) is 0 Å². The summed E-state index contributed by atoms with van der Waals surface area (Å²) in [7, 11) is 1.29. The average Bonchev–Trinajstić information content (AvgIpc) is 2.53. The Labute approximate surface area is 133 Å². The summed E-state index contributed by atoms with van der Waals surface area (Å²) in [5.41, 5.74) is 0.694. The number of thioether (sulfide) groups is 1. The van der Waals surface area contributed by atoms with E-state index in [9.17, 15) is 14.4 Å². The zero-order valence-electron chi connectivity index (χ0n) is 12.7. The highest BCUT2D eigenvalue weighted by atomic mass is 32.2. The third-order valence-electron chi connectivity index (χ3n) is 3.51. The number of carbonyl (C=O) groups is 3. The fraction of sp³-hybridized carbons (Fsp3) is 0.400. The predicted molar refractivity (Wildman–Crippen MR) is 82.3 cm³/mol. The lowest BCUT2D eigenvalue weighted by atomic mass is 9.98. The van der Waals surface area contributed by atoms with Crippen molar-refractivity contribution in [2.45, 2.75) is 23.9 Å². The molecule has 1 aliphatic heterocycles. The lowest BCUT2D eigenvalue weighted by Crippen LogP contribution is -2.65. The van der Waals surface area contributed by atoms with E-state index in [0.717, 1.165) is 4.90 Å². The molecule has 2 unspecified atom stereocenters. The number of β-lactam (4-membered cyclic amide) rings is 1. The molecule has 1 aromatic carbocycles. The van der Waals surface area contributed by atoms with Gasteiger partial charge < -0.3 is 15.0 Å². The molecular formula is C15H18N2O4S. The fourth-order valence-electron chi connectivity index (χ4n) is 2.38. The SMILES string of the molecule is COC(=O)C(c1ccc(SC)cc1)N1CC(NC(C)=O)C1=O. The third-order valence-corrected chi connectivity index (χ3v) is 4.25. The summed E-state index contributed by atoms with van der Waals surface area (Å²) in [5, 5.41) is 2.55. The van der Waals surface area contributed by atoms with Crippen LogP contribution < -0.4 is 5.32 Å². The normalized spacial score (nSPS) is 18.4. The van der Waals surface area contributed by atoms with Crippen molar-refractivity contribution in [1.29, 1.82) is 0 Å². The van der Waals surface area contributed by atoms with Gasteiger partial charge in [-0.05, 0) is 24.0 Å². The third kappa shape index (κ3) is 3.24. The molecule has 1 aliphatic rings. The van der Waals surface area contributed by atoms with Crippen LogP contribution >= 0.6 is 11.8 Å². The first-order valence-electron chi connectivity index (χ1n) is 6.77. The van der Waals surface area contributed by atoms with Gasteiger partial charge in [-0.1, -0.05) is 12.1 Å². The molecule has 6 nitrogen and oxygen atoms in total. The lowest BCUT2D eigenvalue weighted by molar-refractivity contribution is -0.162. The molecule has 0 saturated carbocycles. The van der Waals surface area contributed by atoms with Crippen LogP contribution in [0.3, 0.4) is 0 Å². The van der Waals surface area contributed by atoms with Crippen molar-refractivity contribution in [1.82, 2.24) is 10.2 Å². The number of nitrogens with zero attached hydrogens (tertiary/aromatic N) is 1. The monoisotopic (exact) mass is 322 g/mol. The lowest BCUT2D eigenvalue weighted by Gasteiger charge is -2.42. The second-order valence-electron chi connectivity index (χ2n) is 4.94. The summed E-state index contributed by atoms with van der Waals surface area (Å²) >= 11 is 1.60. The van der Waals surface area contributed by atoms with Gasteiger partial charge in [-0.3, -0.25) is 9.59 Å². The van der Waals surface area contributed by atoms with E-state index in [1.54, 1.807) is 11.8 Å². The highest BCUT2D eigenvalue weighted by Crippen LogP contribution is 2.29. The number of methoxy groups -OCH3 is 1. The van der Waals surface area contributed by atoms with E-state index in [-0.39, 0.29) is 11.8 Å². The zero-order chi connectivity index (χ0) is 16.3. The van der Waals surface area contributed by atoms with Crippen molar-refractivity contribution < 1.29 is 19.1 Å². The Morgan fingerprint density at radius 1 is 1.36 bits per heavy atom.